The smallest absolute Gasteiger partial charge is 0.407 e. The van der Waals surface area contributed by atoms with Crippen LogP contribution in [0.2, 0.25) is 0 Å². The molecule has 20 heteroatoms. The number of likely N-dealkylation sites (N-methyl/N-ethyl adjacent to an activating group) is 1. The van der Waals surface area contributed by atoms with Gasteiger partial charge >= 0.3 is 6.09 Å². The summed E-state index contributed by atoms with van der Waals surface area (Å²) in [6, 6.07) is 19.0. The highest BCUT2D eigenvalue weighted by Crippen LogP contribution is 2.41. The molecule has 9 N–H and O–H groups in total. The molecule has 0 spiro atoms. The number of nitrogens with zero attached hydrogens (tertiary/aromatic N) is 2. The van der Waals surface area contributed by atoms with Gasteiger partial charge in [-0.15, -0.1) is 0 Å². The van der Waals surface area contributed by atoms with E-state index in [-0.39, 0.29) is 38.2 Å². The summed E-state index contributed by atoms with van der Waals surface area (Å²) in [6.07, 6.45) is -0.192. The van der Waals surface area contributed by atoms with Gasteiger partial charge in [-0.25, -0.2) is 13.6 Å². The lowest BCUT2D eigenvalue weighted by Gasteiger charge is -2.41. The fourth-order valence-electron chi connectivity index (χ4n) is 7.17. The number of halogens is 2. The molecule has 1 aromatic heterocycles. The highest BCUT2D eigenvalue weighted by molar-refractivity contribution is 5.95. The molecular weight excluding hydrogens is 873 g/mol. The van der Waals surface area contributed by atoms with E-state index >= 15 is 4.39 Å². The Morgan fingerprint density at radius 2 is 1.45 bits per heavy atom. The van der Waals surface area contributed by atoms with Gasteiger partial charge in [0.15, 0.2) is 0 Å². The molecule has 1 heterocycles. The molecule has 4 rings (SSSR count). The Morgan fingerprint density at radius 1 is 0.791 bits per heavy atom. The molecule has 67 heavy (non-hydrogen) atoms. The molecule has 0 aliphatic heterocycles. The largest absolute Gasteiger partial charge is 0.445 e. The second kappa shape index (κ2) is 25.5. The number of aliphatic hydroxyl groups is 1. The molecule has 7 amide bonds. The standard InChI is InChI=1S/C47H59F2N9O9/c1-47(2,3)43(38-21-32(34-22-33(48)15-16-35(34)49)27-57(38)26-30-11-7-5-8-12-30)58(42(63)28-59)20-17-36(44(64)52-19-18-51-4)56-45(65)37(23-39(50)60)55-41(62)25-53-40(61)24-54-46(66)67-29-31-13-9-6-10-14-31/h5-16,21-22,27,36-37,43,51,59H,17-20,23-26,28-29H2,1-4H3,(H2,50,60)(H,52,64)(H,53,61)(H,54,66)(H,55,62)(H,56,65)/t36-,37-,43-/m0/s1. The predicted octanol–water partition coefficient (Wildman–Crippen LogP) is 2.00. The van der Waals surface area contributed by atoms with Crippen molar-refractivity contribution in [2.24, 2.45) is 11.1 Å². The summed E-state index contributed by atoms with van der Waals surface area (Å²) in [5.74, 6) is -6.44. The minimum Gasteiger partial charge on any atom is -0.445 e. The van der Waals surface area contributed by atoms with Gasteiger partial charge in [-0.05, 0) is 54.3 Å². The quantitative estimate of drug-likeness (QED) is 0.0475. The Bertz CT molecular complexity index is 2330. The Labute approximate surface area is 387 Å². The van der Waals surface area contributed by atoms with Crippen LogP contribution in [-0.2, 0) is 46.7 Å². The van der Waals surface area contributed by atoms with Crippen LogP contribution in [0, 0.1) is 17.0 Å². The molecule has 0 fully saturated rings. The summed E-state index contributed by atoms with van der Waals surface area (Å²) < 4.78 is 36.6. The predicted molar refractivity (Wildman–Crippen MR) is 243 cm³/mol. The average Bonchev–Trinajstić information content (AvgIpc) is 3.69. The molecule has 0 bridgehead atoms. The zero-order chi connectivity index (χ0) is 49.1. The second-order valence-electron chi connectivity index (χ2n) is 16.6. The zero-order valence-electron chi connectivity index (χ0n) is 37.9. The van der Waals surface area contributed by atoms with Gasteiger partial charge in [0, 0.05) is 49.2 Å². The molecule has 0 saturated heterocycles. The zero-order valence-corrected chi connectivity index (χ0v) is 37.9. The van der Waals surface area contributed by atoms with E-state index in [2.05, 4.69) is 31.9 Å². The van der Waals surface area contributed by atoms with E-state index in [0.717, 1.165) is 29.3 Å². The lowest BCUT2D eigenvalue weighted by Crippen LogP contribution is -2.56. The van der Waals surface area contributed by atoms with Crippen molar-refractivity contribution in [3.8, 4) is 11.1 Å². The molecule has 0 radical (unpaired) electrons. The molecule has 4 aromatic rings. The van der Waals surface area contributed by atoms with Crippen LogP contribution in [0.3, 0.4) is 0 Å². The highest BCUT2D eigenvalue weighted by Gasteiger charge is 2.38. The summed E-state index contributed by atoms with van der Waals surface area (Å²) in [4.78, 5) is 92.3. The molecule has 360 valence electrons. The number of amides is 7. The van der Waals surface area contributed by atoms with Crippen molar-refractivity contribution >= 4 is 41.5 Å². The van der Waals surface area contributed by atoms with Crippen LogP contribution < -0.4 is 37.6 Å². The van der Waals surface area contributed by atoms with Crippen molar-refractivity contribution in [1.29, 1.82) is 0 Å². The van der Waals surface area contributed by atoms with E-state index in [1.165, 1.54) is 4.90 Å². The molecule has 3 atom stereocenters. The third-order valence-electron chi connectivity index (χ3n) is 10.3. The number of hydrogen-bond acceptors (Lipinski definition) is 10. The van der Waals surface area contributed by atoms with E-state index in [0.29, 0.717) is 17.8 Å². The summed E-state index contributed by atoms with van der Waals surface area (Å²) in [6.45, 7) is 3.80. The van der Waals surface area contributed by atoms with Crippen LogP contribution in [0.1, 0.15) is 56.5 Å². The van der Waals surface area contributed by atoms with E-state index in [1.807, 2.05) is 55.7 Å². The van der Waals surface area contributed by atoms with Crippen molar-refractivity contribution in [2.75, 3.05) is 46.4 Å². The lowest BCUT2D eigenvalue weighted by atomic mass is 9.82. The Hall–Kier alpha value is -7.19. The molecule has 0 aliphatic rings. The van der Waals surface area contributed by atoms with Crippen LogP contribution in [0.5, 0.6) is 0 Å². The van der Waals surface area contributed by atoms with E-state index < -0.39 is 103 Å². The maximum Gasteiger partial charge on any atom is 0.407 e. The summed E-state index contributed by atoms with van der Waals surface area (Å²) in [5, 5.41) is 25.4. The molecule has 18 nitrogen and oxygen atoms in total. The van der Waals surface area contributed by atoms with Gasteiger partial charge < -0.3 is 56.9 Å². The van der Waals surface area contributed by atoms with Gasteiger partial charge in [0.1, 0.15) is 43.5 Å². The van der Waals surface area contributed by atoms with E-state index in [4.69, 9.17) is 10.5 Å². The van der Waals surface area contributed by atoms with E-state index in [1.54, 1.807) is 49.6 Å². The number of aliphatic hydroxyl groups excluding tert-OH is 1. The van der Waals surface area contributed by atoms with Gasteiger partial charge in [-0.2, -0.15) is 0 Å². The number of nitrogens with two attached hydrogens (primary N) is 1. The number of alkyl carbamates (subject to hydrolysis) is 1. The van der Waals surface area contributed by atoms with Gasteiger partial charge in [0.2, 0.25) is 35.4 Å². The van der Waals surface area contributed by atoms with Crippen LogP contribution in [-0.4, -0.2) is 115 Å². The topological polar surface area (TPSA) is 255 Å². The first-order chi connectivity index (χ1) is 31.9. The molecule has 0 unspecified atom stereocenters. The van der Waals surface area contributed by atoms with Crippen LogP contribution in [0.15, 0.2) is 91.1 Å². The molecule has 0 saturated carbocycles. The van der Waals surface area contributed by atoms with E-state index in [9.17, 15) is 43.1 Å². The number of carbonyl (C=O) groups is 7. The van der Waals surface area contributed by atoms with Crippen molar-refractivity contribution in [3.63, 3.8) is 0 Å². The van der Waals surface area contributed by atoms with Crippen molar-refractivity contribution < 1.29 is 52.2 Å². The highest BCUT2D eigenvalue weighted by atomic mass is 19.1. The number of hydrogen-bond donors (Lipinski definition) is 8. The van der Waals surface area contributed by atoms with Gasteiger partial charge in [-0.3, -0.25) is 28.8 Å². The number of benzene rings is 3. The monoisotopic (exact) mass is 931 g/mol. The summed E-state index contributed by atoms with van der Waals surface area (Å²) in [7, 11) is 1.66. The normalized spacial score (nSPS) is 12.5. The fourth-order valence-corrected chi connectivity index (χ4v) is 7.17. The van der Waals surface area contributed by atoms with Crippen LogP contribution in [0.25, 0.3) is 11.1 Å². The molecule has 3 aromatic carbocycles. The Balaban J connectivity index is 1.56. The summed E-state index contributed by atoms with van der Waals surface area (Å²) >= 11 is 0. The van der Waals surface area contributed by atoms with Gasteiger partial charge in [0.05, 0.1) is 19.0 Å². The van der Waals surface area contributed by atoms with Crippen molar-refractivity contribution in [1.82, 2.24) is 41.4 Å². The number of aromatic nitrogens is 1. The van der Waals surface area contributed by atoms with Crippen molar-refractivity contribution in [2.45, 2.75) is 64.9 Å². The Kier molecular flexibility index (Phi) is 19.9. The second-order valence-corrected chi connectivity index (χ2v) is 16.6. The number of primary amides is 1. The molecule has 0 aliphatic carbocycles. The maximum absolute atomic E-state index is 15.3. The van der Waals surface area contributed by atoms with Crippen LogP contribution >= 0.6 is 0 Å². The van der Waals surface area contributed by atoms with Gasteiger partial charge in [0.25, 0.3) is 0 Å². The van der Waals surface area contributed by atoms with Crippen LogP contribution in [0.4, 0.5) is 13.6 Å². The number of ether oxygens (including phenoxy) is 1. The molecular formula is C47H59F2N9O9. The summed E-state index contributed by atoms with van der Waals surface area (Å²) in [5.41, 5.74) is 7.00. The third kappa shape index (κ3) is 16.6. The SMILES string of the molecule is CNCCNC(=O)[C@H](CCN(C(=O)CO)[C@@H](c1cc(-c2cc(F)ccc2F)cn1Cc1ccccc1)C(C)(C)C)NC(=O)[C@H](CC(N)=O)NC(=O)CNC(=O)CNC(=O)OCc1ccccc1. The maximum atomic E-state index is 15.3. The first-order valence-electron chi connectivity index (χ1n) is 21.5. The Morgan fingerprint density at radius 3 is 2.07 bits per heavy atom. The minimum absolute atomic E-state index is 0.0180. The first kappa shape index (κ1) is 52.4. The third-order valence-corrected chi connectivity index (χ3v) is 10.3. The number of carbonyl (C=O) groups excluding carboxylic acids is 7. The number of rotatable bonds is 24. The first-order valence-corrected chi connectivity index (χ1v) is 21.5. The lowest BCUT2D eigenvalue weighted by molar-refractivity contribution is -0.140. The minimum atomic E-state index is -1.62. The average molecular weight is 932 g/mol. The fraction of sp³-hybridized carbons (Fsp3) is 0.383. The van der Waals surface area contributed by atoms with Crippen molar-refractivity contribution in [3.05, 3.63) is 120 Å². The number of nitrogens with one attached hydrogen (secondary N) is 6. The van der Waals surface area contributed by atoms with Gasteiger partial charge in [-0.1, -0.05) is 81.4 Å².